The van der Waals surface area contributed by atoms with Crippen molar-refractivity contribution in [3.05, 3.63) is 0 Å². The molecule has 0 unspecified atom stereocenters. The molecule has 4 heteroatoms. The summed E-state index contributed by atoms with van der Waals surface area (Å²) < 4.78 is 0. The van der Waals surface area contributed by atoms with Crippen molar-refractivity contribution in [2.45, 2.75) is 25.8 Å². The van der Waals surface area contributed by atoms with Crippen LogP contribution in [-0.4, -0.2) is 30.2 Å². The number of nitrogens with two attached hydrogens (primary N) is 1. The number of hydrogen-bond acceptors (Lipinski definition) is 3. The molecule has 4 nitrogen and oxygen atoms in total. The third kappa shape index (κ3) is 1.91. The van der Waals surface area contributed by atoms with Crippen LogP contribution in [0.4, 0.5) is 0 Å². The molecule has 0 aromatic heterocycles. The first kappa shape index (κ1) is 8.49. The van der Waals surface area contributed by atoms with E-state index in [2.05, 4.69) is 0 Å². The molecule has 1 heterocycles. The van der Waals surface area contributed by atoms with Gasteiger partial charge in [0.2, 0.25) is 5.91 Å². The summed E-state index contributed by atoms with van der Waals surface area (Å²) >= 11 is 0. The zero-order valence-corrected chi connectivity index (χ0v) is 6.75. The van der Waals surface area contributed by atoms with Crippen LogP contribution in [-0.2, 0) is 9.63 Å². The van der Waals surface area contributed by atoms with Crippen LogP contribution in [0.15, 0.2) is 0 Å². The van der Waals surface area contributed by atoms with Gasteiger partial charge in [-0.2, -0.15) is 5.06 Å². The highest BCUT2D eigenvalue weighted by atomic mass is 16.7. The molecule has 0 aromatic rings. The van der Waals surface area contributed by atoms with Gasteiger partial charge in [0.25, 0.3) is 0 Å². The van der Waals surface area contributed by atoms with Crippen molar-refractivity contribution in [2.24, 2.45) is 5.73 Å². The zero-order chi connectivity index (χ0) is 8.27. The average Bonchev–Trinajstić information content (AvgIpc) is 2.36. The quantitative estimate of drug-likeness (QED) is 0.623. The topological polar surface area (TPSA) is 55.6 Å². The largest absolute Gasteiger partial charge is 0.368 e. The smallest absolute Gasteiger partial charge is 0.237 e. The summed E-state index contributed by atoms with van der Waals surface area (Å²) in [6.07, 6.45) is 1.82. The van der Waals surface area contributed by atoms with Crippen LogP contribution >= 0.6 is 0 Å². The molecule has 1 fully saturated rings. The van der Waals surface area contributed by atoms with E-state index in [1.165, 1.54) is 0 Å². The van der Waals surface area contributed by atoms with Crippen LogP contribution in [0.1, 0.15) is 19.8 Å². The maximum atomic E-state index is 10.8. The summed E-state index contributed by atoms with van der Waals surface area (Å²) in [4.78, 5) is 16.0. The van der Waals surface area contributed by atoms with Crippen molar-refractivity contribution in [1.29, 1.82) is 0 Å². The van der Waals surface area contributed by atoms with Gasteiger partial charge in [0.15, 0.2) is 0 Å². The number of hydrogen-bond donors (Lipinski definition) is 1. The van der Waals surface area contributed by atoms with Crippen LogP contribution in [0.3, 0.4) is 0 Å². The highest BCUT2D eigenvalue weighted by Gasteiger charge is 2.29. The van der Waals surface area contributed by atoms with Gasteiger partial charge in [0, 0.05) is 6.54 Å². The van der Waals surface area contributed by atoms with Crippen molar-refractivity contribution >= 4 is 5.91 Å². The fraction of sp³-hybridized carbons (Fsp3) is 0.857. The molecule has 1 aliphatic rings. The Morgan fingerprint density at radius 3 is 3.09 bits per heavy atom. The van der Waals surface area contributed by atoms with Gasteiger partial charge in [-0.05, 0) is 19.8 Å². The fourth-order valence-electron chi connectivity index (χ4n) is 1.34. The van der Waals surface area contributed by atoms with Gasteiger partial charge < -0.3 is 5.73 Å². The first-order valence-corrected chi connectivity index (χ1v) is 3.94. The number of nitrogens with zero attached hydrogens (tertiary/aromatic N) is 1. The Hall–Kier alpha value is -0.610. The molecule has 0 spiro atoms. The van der Waals surface area contributed by atoms with Crippen LogP contribution in [0.25, 0.3) is 0 Å². The van der Waals surface area contributed by atoms with E-state index in [0.717, 1.165) is 19.4 Å². The van der Waals surface area contributed by atoms with Crippen molar-refractivity contribution in [3.63, 3.8) is 0 Å². The molecule has 0 aliphatic carbocycles. The molecule has 1 rings (SSSR count). The van der Waals surface area contributed by atoms with Crippen LogP contribution in [0, 0.1) is 0 Å². The molecule has 0 aromatic carbocycles. The summed E-state index contributed by atoms with van der Waals surface area (Å²) in [5.41, 5.74) is 5.16. The van der Waals surface area contributed by atoms with Crippen LogP contribution < -0.4 is 5.73 Å². The molecule has 0 radical (unpaired) electrons. The normalized spacial score (nSPS) is 25.7. The lowest BCUT2D eigenvalue weighted by Crippen LogP contribution is -2.40. The third-order valence-corrected chi connectivity index (χ3v) is 1.83. The molecular formula is C7H14N2O2. The predicted octanol–water partition coefficient (Wildman–Crippen LogP) is -0.112. The lowest BCUT2D eigenvalue weighted by Gasteiger charge is -2.19. The maximum absolute atomic E-state index is 10.8. The van der Waals surface area contributed by atoms with E-state index in [4.69, 9.17) is 10.6 Å². The molecule has 0 saturated carbocycles. The Morgan fingerprint density at radius 2 is 2.55 bits per heavy atom. The van der Waals surface area contributed by atoms with Crippen molar-refractivity contribution < 1.29 is 9.63 Å². The van der Waals surface area contributed by atoms with Gasteiger partial charge in [0.05, 0.1) is 6.61 Å². The van der Waals surface area contributed by atoms with E-state index in [1.54, 1.807) is 5.06 Å². The Balaban J connectivity index is 2.44. The Labute approximate surface area is 66.3 Å². The second-order valence-electron chi connectivity index (χ2n) is 2.62. The molecule has 1 atom stereocenters. The summed E-state index contributed by atoms with van der Waals surface area (Å²) in [7, 11) is 0. The summed E-state index contributed by atoms with van der Waals surface area (Å²) in [6, 6.07) is -0.199. The predicted molar refractivity (Wildman–Crippen MR) is 40.5 cm³/mol. The van der Waals surface area contributed by atoms with Gasteiger partial charge in [-0.15, -0.1) is 0 Å². The Morgan fingerprint density at radius 1 is 1.82 bits per heavy atom. The minimum Gasteiger partial charge on any atom is -0.368 e. The third-order valence-electron chi connectivity index (χ3n) is 1.83. The van der Waals surface area contributed by atoms with E-state index in [0.29, 0.717) is 6.61 Å². The fourth-order valence-corrected chi connectivity index (χ4v) is 1.34. The summed E-state index contributed by atoms with van der Waals surface area (Å²) in [5, 5.41) is 1.68. The van der Waals surface area contributed by atoms with Gasteiger partial charge in [0.1, 0.15) is 6.04 Å². The second-order valence-corrected chi connectivity index (χ2v) is 2.62. The molecule has 1 amide bonds. The van der Waals surface area contributed by atoms with E-state index >= 15 is 0 Å². The zero-order valence-electron chi connectivity index (χ0n) is 6.75. The second kappa shape index (κ2) is 3.69. The van der Waals surface area contributed by atoms with Gasteiger partial charge in [-0.1, -0.05) is 0 Å². The Bertz CT molecular complexity index is 149. The van der Waals surface area contributed by atoms with Crippen LogP contribution in [0.5, 0.6) is 0 Å². The lowest BCUT2D eigenvalue weighted by atomic mass is 10.2. The minimum atomic E-state index is -0.282. The highest BCUT2D eigenvalue weighted by Crippen LogP contribution is 2.16. The van der Waals surface area contributed by atoms with Crippen molar-refractivity contribution in [2.75, 3.05) is 13.2 Å². The molecular weight excluding hydrogens is 144 g/mol. The molecule has 2 N–H and O–H groups in total. The van der Waals surface area contributed by atoms with E-state index < -0.39 is 0 Å². The molecule has 1 aliphatic heterocycles. The first-order valence-electron chi connectivity index (χ1n) is 3.94. The van der Waals surface area contributed by atoms with Gasteiger partial charge in [-0.3, -0.25) is 9.63 Å². The van der Waals surface area contributed by atoms with E-state index in [1.807, 2.05) is 6.92 Å². The van der Waals surface area contributed by atoms with Crippen molar-refractivity contribution in [3.8, 4) is 0 Å². The lowest BCUT2D eigenvalue weighted by molar-refractivity contribution is -0.171. The number of rotatable bonds is 3. The molecule has 11 heavy (non-hydrogen) atoms. The first-order chi connectivity index (χ1) is 5.25. The number of primary amides is 1. The summed E-state index contributed by atoms with van der Waals surface area (Å²) in [5.74, 6) is -0.282. The van der Waals surface area contributed by atoms with Crippen molar-refractivity contribution in [1.82, 2.24) is 5.06 Å². The van der Waals surface area contributed by atoms with E-state index in [-0.39, 0.29) is 11.9 Å². The maximum Gasteiger partial charge on any atom is 0.237 e. The number of carbonyl (C=O) groups is 1. The van der Waals surface area contributed by atoms with Crippen LogP contribution in [0.2, 0.25) is 0 Å². The average molecular weight is 158 g/mol. The standard InChI is InChI=1S/C7H14N2O2/c1-2-11-9-5-3-4-6(9)7(8)10/h6H,2-5H2,1H3,(H2,8,10)/t6-/m1/s1. The van der Waals surface area contributed by atoms with E-state index in [9.17, 15) is 4.79 Å². The number of hydroxylamine groups is 2. The van der Waals surface area contributed by atoms with Gasteiger partial charge >= 0.3 is 0 Å². The number of amides is 1. The molecule has 1 saturated heterocycles. The molecule has 64 valence electrons. The minimum absolute atomic E-state index is 0.199. The SMILES string of the molecule is CCON1CCC[C@@H]1C(N)=O. The van der Waals surface area contributed by atoms with Gasteiger partial charge in [-0.25, -0.2) is 0 Å². The Kier molecular flexibility index (Phi) is 2.84. The monoisotopic (exact) mass is 158 g/mol. The summed E-state index contributed by atoms with van der Waals surface area (Å²) in [6.45, 7) is 3.32. The molecule has 0 bridgehead atoms. The highest BCUT2D eigenvalue weighted by molar-refractivity contribution is 5.79. The number of carbonyl (C=O) groups excluding carboxylic acids is 1.